The number of thioether (sulfide) groups is 1. The Hall–Kier alpha value is -1.17. The topological polar surface area (TPSA) is 24.4 Å². The fraction of sp³-hybridized carbons (Fsp3) is 0.417. The number of rotatable bonds is 1. The summed E-state index contributed by atoms with van der Waals surface area (Å²) in [6.45, 7) is 4.01. The first-order chi connectivity index (χ1) is 8.47. The van der Waals surface area contributed by atoms with E-state index in [1.165, 1.54) is 11.8 Å². The highest BCUT2D eigenvalue weighted by atomic mass is 32.2. The summed E-state index contributed by atoms with van der Waals surface area (Å²) in [5, 5.41) is 3.05. The highest BCUT2D eigenvalue weighted by Gasteiger charge is 2.21. The molecule has 0 saturated carbocycles. The fourth-order valence-corrected chi connectivity index (χ4v) is 2.65. The van der Waals surface area contributed by atoms with Crippen molar-refractivity contribution in [2.24, 2.45) is 10.9 Å². The summed E-state index contributed by atoms with van der Waals surface area (Å²) in [6.07, 6.45) is 0. The van der Waals surface area contributed by atoms with Gasteiger partial charge in [0.1, 0.15) is 11.5 Å². The van der Waals surface area contributed by atoms with E-state index in [9.17, 15) is 13.2 Å². The van der Waals surface area contributed by atoms with Crippen LogP contribution in [0.3, 0.4) is 0 Å². The van der Waals surface area contributed by atoms with Gasteiger partial charge in [0, 0.05) is 17.9 Å². The second kappa shape index (κ2) is 5.22. The zero-order valence-corrected chi connectivity index (χ0v) is 10.8. The van der Waals surface area contributed by atoms with Gasteiger partial charge in [0.05, 0.1) is 6.04 Å². The Morgan fingerprint density at radius 2 is 1.83 bits per heavy atom. The van der Waals surface area contributed by atoms with Crippen molar-refractivity contribution in [1.82, 2.24) is 0 Å². The molecule has 1 aliphatic rings. The summed E-state index contributed by atoms with van der Waals surface area (Å²) in [6, 6.07) is 1.39. The predicted molar refractivity (Wildman–Crippen MR) is 68.5 cm³/mol. The Morgan fingerprint density at radius 3 is 2.39 bits per heavy atom. The summed E-state index contributed by atoms with van der Waals surface area (Å²) in [5.41, 5.74) is -0.357. The lowest BCUT2D eigenvalue weighted by molar-refractivity contribution is 0.536. The van der Waals surface area contributed by atoms with Crippen LogP contribution >= 0.6 is 11.8 Å². The minimum Gasteiger partial charge on any atom is -0.330 e. The van der Waals surface area contributed by atoms with E-state index in [4.69, 9.17) is 0 Å². The Labute approximate surface area is 108 Å². The number of nitrogens with one attached hydrogen (secondary N) is 1. The Morgan fingerprint density at radius 1 is 1.22 bits per heavy atom. The van der Waals surface area contributed by atoms with Gasteiger partial charge in [0.2, 0.25) is 0 Å². The van der Waals surface area contributed by atoms with E-state index < -0.39 is 17.5 Å². The lowest BCUT2D eigenvalue weighted by Crippen LogP contribution is -2.25. The number of aliphatic imine (C=N–C) groups is 1. The molecule has 1 aromatic carbocycles. The number of halogens is 3. The first kappa shape index (κ1) is 13.3. The van der Waals surface area contributed by atoms with Crippen LogP contribution in [0.5, 0.6) is 0 Å². The van der Waals surface area contributed by atoms with Crippen molar-refractivity contribution in [2.45, 2.75) is 19.9 Å². The third-order valence-electron chi connectivity index (χ3n) is 2.87. The van der Waals surface area contributed by atoms with Crippen LogP contribution in [-0.4, -0.2) is 17.0 Å². The van der Waals surface area contributed by atoms with E-state index in [1.807, 2.05) is 6.92 Å². The Bertz CT molecular complexity index is 467. The van der Waals surface area contributed by atoms with Gasteiger partial charge in [0.25, 0.3) is 0 Å². The van der Waals surface area contributed by atoms with Gasteiger partial charge < -0.3 is 5.32 Å². The van der Waals surface area contributed by atoms with Crippen molar-refractivity contribution in [3.05, 3.63) is 29.6 Å². The first-order valence-electron chi connectivity index (χ1n) is 5.59. The zero-order valence-electron chi connectivity index (χ0n) is 10.0. The van der Waals surface area contributed by atoms with Gasteiger partial charge in [-0.25, -0.2) is 13.2 Å². The maximum atomic E-state index is 13.4. The molecule has 1 heterocycles. The molecule has 2 rings (SSSR count). The van der Waals surface area contributed by atoms with Crippen molar-refractivity contribution < 1.29 is 13.2 Å². The molecule has 0 amide bonds. The lowest BCUT2D eigenvalue weighted by Gasteiger charge is -2.23. The van der Waals surface area contributed by atoms with Crippen LogP contribution in [0, 0.1) is 23.4 Å². The second-order valence-corrected chi connectivity index (χ2v) is 5.34. The average Bonchev–Trinajstić information content (AvgIpc) is 2.28. The maximum absolute atomic E-state index is 13.4. The molecule has 0 aromatic heterocycles. The third kappa shape index (κ3) is 2.80. The van der Waals surface area contributed by atoms with Crippen LogP contribution in [0.1, 0.15) is 13.8 Å². The predicted octanol–water partition coefficient (Wildman–Crippen LogP) is 3.64. The van der Waals surface area contributed by atoms with Gasteiger partial charge >= 0.3 is 0 Å². The number of amidine groups is 1. The average molecular weight is 274 g/mol. The van der Waals surface area contributed by atoms with Crippen LogP contribution in [0.4, 0.5) is 18.9 Å². The van der Waals surface area contributed by atoms with Crippen LogP contribution in [-0.2, 0) is 0 Å². The van der Waals surface area contributed by atoms with Crippen molar-refractivity contribution in [3.63, 3.8) is 0 Å². The van der Waals surface area contributed by atoms with Gasteiger partial charge in [-0.1, -0.05) is 18.7 Å². The molecular formula is C12H13F3N2S. The largest absolute Gasteiger partial charge is 0.330 e. The fourth-order valence-electron chi connectivity index (χ4n) is 1.54. The Kier molecular flexibility index (Phi) is 3.85. The normalized spacial score (nSPS) is 23.7. The van der Waals surface area contributed by atoms with E-state index >= 15 is 0 Å². The number of hydrogen-bond acceptors (Lipinski definition) is 3. The number of hydrogen-bond donors (Lipinski definition) is 1. The van der Waals surface area contributed by atoms with Crippen LogP contribution in [0.15, 0.2) is 17.1 Å². The molecule has 0 radical (unpaired) electrons. The highest BCUT2D eigenvalue weighted by Crippen LogP contribution is 2.26. The van der Waals surface area contributed by atoms with Gasteiger partial charge in [-0.15, -0.1) is 0 Å². The molecule has 0 fully saturated rings. The van der Waals surface area contributed by atoms with Crippen molar-refractivity contribution in [2.75, 3.05) is 11.1 Å². The molecule has 2 nitrogen and oxygen atoms in total. The SMILES string of the molecule is CC1CSC(Nc2c(F)cc(F)cc2F)=NC1C. The molecule has 0 bridgehead atoms. The van der Waals surface area contributed by atoms with Crippen molar-refractivity contribution in [3.8, 4) is 0 Å². The molecule has 2 atom stereocenters. The second-order valence-electron chi connectivity index (χ2n) is 4.33. The zero-order chi connectivity index (χ0) is 13.3. The number of nitrogens with zero attached hydrogens (tertiary/aromatic N) is 1. The molecule has 1 N–H and O–H groups in total. The van der Waals surface area contributed by atoms with Gasteiger partial charge in [-0.2, -0.15) is 0 Å². The van der Waals surface area contributed by atoms with Gasteiger partial charge in [-0.3, -0.25) is 4.99 Å². The molecule has 18 heavy (non-hydrogen) atoms. The van der Waals surface area contributed by atoms with E-state index in [2.05, 4.69) is 17.2 Å². The number of anilines is 1. The quantitative estimate of drug-likeness (QED) is 0.845. The molecule has 0 aliphatic carbocycles. The minimum atomic E-state index is -0.956. The number of benzene rings is 1. The molecule has 0 spiro atoms. The molecule has 1 aliphatic heterocycles. The van der Waals surface area contributed by atoms with E-state index in [-0.39, 0.29) is 11.7 Å². The first-order valence-corrected chi connectivity index (χ1v) is 6.58. The molecule has 6 heteroatoms. The summed E-state index contributed by atoms with van der Waals surface area (Å²) in [4.78, 5) is 4.30. The summed E-state index contributed by atoms with van der Waals surface area (Å²) in [5.74, 6) is -1.60. The molecule has 0 saturated heterocycles. The monoisotopic (exact) mass is 274 g/mol. The van der Waals surface area contributed by atoms with Crippen LogP contribution < -0.4 is 5.32 Å². The summed E-state index contributed by atoms with van der Waals surface area (Å²) >= 11 is 1.40. The maximum Gasteiger partial charge on any atom is 0.161 e. The van der Waals surface area contributed by atoms with E-state index in [1.54, 1.807) is 0 Å². The van der Waals surface area contributed by atoms with Crippen molar-refractivity contribution >= 4 is 22.6 Å². The smallest absolute Gasteiger partial charge is 0.161 e. The van der Waals surface area contributed by atoms with Gasteiger partial charge in [0.15, 0.2) is 16.8 Å². The van der Waals surface area contributed by atoms with Crippen molar-refractivity contribution in [1.29, 1.82) is 0 Å². The van der Waals surface area contributed by atoms with E-state index in [0.29, 0.717) is 23.2 Å². The van der Waals surface area contributed by atoms with Gasteiger partial charge in [-0.05, 0) is 12.8 Å². The Balaban J connectivity index is 2.23. The standard InChI is InChI=1S/C12H13F3N2S/c1-6-5-18-12(16-7(6)2)17-11-9(14)3-8(13)4-10(11)15/h3-4,6-7H,5H2,1-2H3,(H,16,17). The van der Waals surface area contributed by atoms with Crippen LogP contribution in [0.25, 0.3) is 0 Å². The molecule has 2 unspecified atom stereocenters. The highest BCUT2D eigenvalue weighted by molar-refractivity contribution is 8.14. The summed E-state index contributed by atoms with van der Waals surface area (Å²) < 4.78 is 39.6. The third-order valence-corrected chi connectivity index (χ3v) is 4.04. The molecule has 1 aromatic rings. The van der Waals surface area contributed by atoms with Crippen LogP contribution in [0.2, 0.25) is 0 Å². The summed E-state index contributed by atoms with van der Waals surface area (Å²) in [7, 11) is 0. The molecule has 98 valence electrons. The minimum absolute atomic E-state index is 0.0975. The van der Waals surface area contributed by atoms with E-state index in [0.717, 1.165) is 5.75 Å². The molecular weight excluding hydrogens is 261 g/mol. The lowest BCUT2D eigenvalue weighted by atomic mass is 10.1.